The van der Waals surface area contributed by atoms with Crippen molar-refractivity contribution in [2.45, 2.75) is 13.5 Å². The third-order valence-corrected chi connectivity index (χ3v) is 3.76. The van der Waals surface area contributed by atoms with E-state index < -0.39 is 5.97 Å². The van der Waals surface area contributed by atoms with Crippen molar-refractivity contribution >= 4 is 34.3 Å². The fraction of sp³-hybridized carbons (Fsp3) is 0.118. The average Bonchev–Trinajstić information content (AvgIpc) is 2.55. The quantitative estimate of drug-likeness (QED) is 0.588. The number of carbonyl (C=O) groups excluding carboxylic acids is 1. The Hall–Kier alpha value is -2.66. The van der Waals surface area contributed by atoms with Crippen LogP contribution in [0, 0.1) is 6.92 Å². The van der Waals surface area contributed by atoms with Crippen molar-refractivity contribution in [3.8, 4) is 0 Å². The van der Waals surface area contributed by atoms with Gasteiger partial charge < -0.3 is 10.5 Å². The molecule has 6 heteroatoms. The number of ether oxygens (including phenoxy) is 1. The van der Waals surface area contributed by atoms with E-state index in [1.165, 1.54) is 6.07 Å². The molecule has 0 spiro atoms. The second-order valence-electron chi connectivity index (χ2n) is 5.06. The number of aromatic nitrogens is 2. The first-order valence-electron chi connectivity index (χ1n) is 6.99. The predicted molar refractivity (Wildman–Crippen MR) is 89.3 cm³/mol. The van der Waals surface area contributed by atoms with Gasteiger partial charge in [0.2, 0.25) is 0 Å². The zero-order chi connectivity index (χ0) is 16.4. The molecule has 2 aromatic carbocycles. The van der Waals surface area contributed by atoms with Crippen LogP contribution >= 0.6 is 11.6 Å². The highest BCUT2D eigenvalue weighted by Gasteiger charge is 2.12. The van der Waals surface area contributed by atoms with Gasteiger partial charge in [-0.05, 0) is 37.3 Å². The van der Waals surface area contributed by atoms with Gasteiger partial charge in [-0.2, -0.15) is 0 Å². The first-order chi connectivity index (χ1) is 11.0. The molecule has 0 amide bonds. The van der Waals surface area contributed by atoms with Gasteiger partial charge in [0.15, 0.2) is 0 Å². The molecule has 0 aliphatic heterocycles. The lowest BCUT2D eigenvalue weighted by molar-refractivity contribution is 0.0467. The summed E-state index contributed by atoms with van der Waals surface area (Å²) in [5, 5.41) is 0.401. The van der Waals surface area contributed by atoms with E-state index in [2.05, 4.69) is 9.97 Å². The first kappa shape index (κ1) is 15.2. The topological polar surface area (TPSA) is 78.1 Å². The number of rotatable bonds is 3. The second-order valence-corrected chi connectivity index (χ2v) is 5.46. The predicted octanol–water partition coefficient (Wildman–Crippen LogP) is 3.53. The van der Waals surface area contributed by atoms with Crippen molar-refractivity contribution < 1.29 is 9.53 Å². The van der Waals surface area contributed by atoms with Crippen LogP contribution in [0.25, 0.3) is 11.0 Å². The Kier molecular flexibility index (Phi) is 4.12. The fourth-order valence-corrected chi connectivity index (χ4v) is 2.27. The van der Waals surface area contributed by atoms with Crippen molar-refractivity contribution in [1.29, 1.82) is 0 Å². The van der Waals surface area contributed by atoms with E-state index in [-0.39, 0.29) is 6.61 Å². The third kappa shape index (κ3) is 3.24. The minimum absolute atomic E-state index is 0.0467. The lowest BCUT2D eigenvalue weighted by atomic mass is 10.2. The molecule has 2 N–H and O–H groups in total. The molecule has 1 heterocycles. The standard InChI is InChI=1S/C17H14ClN3O2/c1-10-16(21-15-5-3-2-4-14(15)20-10)9-23-17(22)11-6-7-12(18)13(19)8-11/h2-8H,9,19H2,1H3. The molecule has 1 aromatic heterocycles. The van der Waals surface area contributed by atoms with Crippen LogP contribution in [0.4, 0.5) is 5.69 Å². The van der Waals surface area contributed by atoms with E-state index in [0.717, 1.165) is 16.7 Å². The lowest BCUT2D eigenvalue weighted by Crippen LogP contribution is -2.08. The number of hydrogen-bond acceptors (Lipinski definition) is 5. The van der Waals surface area contributed by atoms with Gasteiger partial charge >= 0.3 is 5.97 Å². The molecular weight excluding hydrogens is 314 g/mol. The molecule has 0 unspecified atom stereocenters. The zero-order valence-electron chi connectivity index (χ0n) is 12.4. The van der Waals surface area contributed by atoms with E-state index in [4.69, 9.17) is 22.1 Å². The van der Waals surface area contributed by atoms with Crippen LogP contribution in [0.5, 0.6) is 0 Å². The monoisotopic (exact) mass is 327 g/mol. The van der Waals surface area contributed by atoms with Crippen LogP contribution in [0.3, 0.4) is 0 Å². The van der Waals surface area contributed by atoms with E-state index in [1.54, 1.807) is 12.1 Å². The van der Waals surface area contributed by atoms with E-state index in [1.807, 2.05) is 31.2 Å². The number of nitrogen functional groups attached to an aromatic ring is 1. The summed E-state index contributed by atoms with van der Waals surface area (Å²) in [5.41, 5.74) is 9.30. The summed E-state index contributed by atoms with van der Waals surface area (Å²) >= 11 is 5.84. The highest BCUT2D eigenvalue weighted by molar-refractivity contribution is 6.33. The van der Waals surface area contributed by atoms with E-state index in [0.29, 0.717) is 22.0 Å². The van der Waals surface area contributed by atoms with Crippen LogP contribution in [-0.4, -0.2) is 15.9 Å². The Labute approximate surface area is 138 Å². The summed E-state index contributed by atoms with van der Waals surface area (Å²) in [7, 11) is 0. The normalized spacial score (nSPS) is 10.7. The van der Waals surface area contributed by atoms with Crippen LogP contribution in [0.1, 0.15) is 21.7 Å². The molecule has 3 rings (SSSR count). The summed E-state index contributed by atoms with van der Waals surface area (Å²) in [6.45, 7) is 1.88. The van der Waals surface area contributed by atoms with Crippen molar-refractivity contribution in [1.82, 2.24) is 9.97 Å². The number of benzene rings is 2. The van der Waals surface area contributed by atoms with Gasteiger partial charge in [0.05, 0.1) is 38.7 Å². The smallest absolute Gasteiger partial charge is 0.338 e. The molecule has 0 bridgehead atoms. The highest BCUT2D eigenvalue weighted by atomic mass is 35.5. The Bertz CT molecular complexity index is 896. The molecule has 0 atom stereocenters. The van der Waals surface area contributed by atoms with Crippen molar-refractivity contribution in [3.05, 3.63) is 64.4 Å². The number of nitrogens with two attached hydrogens (primary N) is 1. The average molecular weight is 328 g/mol. The molecular formula is C17H14ClN3O2. The maximum atomic E-state index is 12.1. The summed E-state index contributed by atoms with van der Waals surface area (Å²) in [6.07, 6.45) is 0. The molecule has 0 aliphatic rings. The molecule has 116 valence electrons. The van der Waals surface area contributed by atoms with Gasteiger partial charge in [-0.1, -0.05) is 23.7 Å². The Morgan fingerprint density at radius 3 is 2.57 bits per heavy atom. The molecule has 5 nitrogen and oxygen atoms in total. The number of esters is 1. The van der Waals surface area contributed by atoms with E-state index >= 15 is 0 Å². The van der Waals surface area contributed by atoms with Gasteiger partial charge in [0.25, 0.3) is 0 Å². The van der Waals surface area contributed by atoms with Crippen molar-refractivity contribution in [2.75, 3.05) is 5.73 Å². The molecule has 3 aromatic rings. The third-order valence-electron chi connectivity index (χ3n) is 3.41. The van der Waals surface area contributed by atoms with Gasteiger partial charge in [-0.3, -0.25) is 0 Å². The number of aryl methyl sites for hydroxylation is 1. The minimum Gasteiger partial charge on any atom is -0.456 e. The summed E-state index contributed by atoms with van der Waals surface area (Å²) < 4.78 is 5.30. The highest BCUT2D eigenvalue weighted by Crippen LogP contribution is 2.20. The molecule has 0 aliphatic carbocycles. The Morgan fingerprint density at radius 2 is 1.87 bits per heavy atom. The van der Waals surface area contributed by atoms with E-state index in [9.17, 15) is 4.79 Å². The number of carbonyl (C=O) groups is 1. The van der Waals surface area contributed by atoms with Gasteiger partial charge in [-0.25, -0.2) is 14.8 Å². The molecule has 0 radical (unpaired) electrons. The summed E-state index contributed by atoms with van der Waals surface area (Å²) in [4.78, 5) is 21.0. The maximum absolute atomic E-state index is 12.1. The van der Waals surface area contributed by atoms with Gasteiger partial charge in [0.1, 0.15) is 6.61 Å². The molecule has 0 saturated heterocycles. The SMILES string of the molecule is Cc1nc2ccccc2nc1COC(=O)c1ccc(Cl)c(N)c1. The fourth-order valence-electron chi connectivity index (χ4n) is 2.15. The first-order valence-corrected chi connectivity index (χ1v) is 7.37. The Balaban J connectivity index is 1.78. The van der Waals surface area contributed by atoms with Crippen molar-refractivity contribution in [3.63, 3.8) is 0 Å². The number of halogens is 1. The van der Waals surface area contributed by atoms with Crippen LogP contribution in [0.15, 0.2) is 42.5 Å². The van der Waals surface area contributed by atoms with Gasteiger partial charge in [0, 0.05) is 0 Å². The molecule has 0 saturated carbocycles. The minimum atomic E-state index is -0.484. The zero-order valence-corrected chi connectivity index (χ0v) is 13.2. The summed E-state index contributed by atoms with van der Waals surface area (Å²) in [5.74, 6) is -0.484. The number of para-hydroxylation sites is 2. The largest absolute Gasteiger partial charge is 0.456 e. The van der Waals surface area contributed by atoms with Crippen molar-refractivity contribution in [2.24, 2.45) is 0 Å². The molecule has 0 fully saturated rings. The van der Waals surface area contributed by atoms with Crippen LogP contribution < -0.4 is 5.73 Å². The molecule has 23 heavy (non-hydrogen) atoms. The second kappa shape index (κ2) is 6.22. The summed E-state index contributed by atoms with van der Waals surface area (Å²) in [6, 6.07) is 12.2. The lowest BCUT2D eigenvalue weighted by Gasteiger charge is -2.08. The Morgan fingerprint density at radius 1 is 1.17 bits per heavy atom. The van der Waals surface area contributed by atoms with Crippen LogP contribution in [-0.2, 0) is 11.3 Å². The number of fused-ring (bicyclic) bond motifs is 1. The number of nitrogens with zero attached hydrogens (tertiary/aromatic N) is 2. The number of anilines is 1. The number of hydrogen-bond donors (Lipinski definition) is 1. The maximum Gasteiger partial charge on any atom is 0.338 e. The van der Waals surface area contributed by atoms with Crippen LogP contribution in [0.2, 0.25) is 5.02 Å². The van der Waals surface area contributed by atoms with Gasteiger partial charge in [-0.15, -0.1) is 0 Å².